The minimum Gasteiger partial charge on any atom is -0.174 e. The summed E-state index contributed by atoms with van der Waals surface area (Å²) in [4.78, 5) is 0. The Morgan fingerprint density at radius 2 is 1.90 bits per heavy atom. The molecule has 60 valence electrons. The van der Waals surface area contributed by atoms with Crippen molar-refractivity contribution in [2.24, 2.45) is 0 Å². The molecular weight excluding hydrogens is 158 g/mol. The molecule has 0 spiro atoms. The van der Waals surface area contributed by atoms with Crippen molar-refractivity contribution in [3.05, 3.63) is 12.2 Å². The second-order valence-corrected chi connectivity index (χ2v) is 2.41. The van der Waals surface area contributed by atoms with Crippen molar-refractivity contribution in [3.8, 4) is 0 Å². The van der Waals surface area contributed by atoms with Gasteiger partial charge in [0.05, 0.1) is 0 Å². The van der Waals surface area contributed by atoms with Crippen LogP contribution in [0.4, 0.5) is 8.78 Å². The highest BCUT2D eigenvalue weighted by Crippen LogP contribution is 2.05. The van der Waals surface area contributed by atoms with Crippen molar-refractivity contribution in [1.82, 2.24) is 0 Å². The summed E-state index contributed by atoms with van der Waals surface area (Å²) in [5, 5.41) is 0. The Morgan fingerprint density at radius 3 is 2.40 bits per heavy atom. The van der Waals surface area contributed by atoms with E-state index in [1.807, 2.05) is 0 Å². The standard InChI is InChI=1S/C7H11ClF2/c8-6-4-2-1-3-5-7(9)10/h5H,1-4,6H2. The highest BCUT2D eigenvalue weighted by molar-refractivity contribution is 6.17. The van der Waals surface area contributed by atoms with Gasteiger partial charge in [0.15, 0.2) is 0 Å². The molecule has 0 N–H and O–H groups in total. The number of hydrogen-bond acceptors (Lipinski definition) is 0. The van der Waals surface area contributed by atoms with Gasteiger partial charge < -0.3 is 0 Å². The van der Waals surface area contributed by atoms with E-state index in [1.54, 1.807) is 0 Å². The molecular formula is C7H11ClF2. The largest absolute Gasteiger partial charge is 0.266 e. The molecule has 0 unspecified atom stereocenters. The number of halogens is 3. The van der Waals surface area contributed by atoms with E-state index in [0.29, 0.717) is 12.3 Å². The third kappa shape index (κ3) is 7.89. The van der Waals surface area contributed by atoms with E-state index in [2.05, 4.69) is 0 Å². The van der Waals surface area contributed by atoms with Crippen molar-refractivity contribution in [2.45, 2.75) is 25.7 Å². The second-order valence-electron chi connectivity index (χ2n) is 2.03. The average Bonchev–Trinajstić information content (AvgIpc) is 1.87. The quantitative estimate of drug-likeness (QED) is 0.435. The number of allylic oxidation sites excluding steroid dienone is 1. The minimum absolute atomic E-state index is 0.471. The molecule has 0 saturated carbocycles. The summed E-state index contributed by atoms with van der Waals surface area (Å²) in [6, 6.07) is 0. The smallest absolute Gasteiger partial charge is 0.174 e. The third-order valence-electron chi connectivity index (χ3n) is 1.14. The van der Waals surface area contributed by atoms with Crippen molar-refractivity contribution in [3.63, 3.8) is 0 Å². The predicted octanol–water partition coefficient (Wildman–Crippen LogP) is 3.57. The maximum absolute atomic E-state index is 11.4. The lowest BCUT2D eigenvalue weighted by molar-refractivity contribution is 0.416. The van der Waals surface area contributed by atoms with E-state index in [9.17, 15) is 8.78 Å². The van der Waals surface area contributed by atoms with E-state index >= 15 is 0 Å². The first-order chi connectivity index (χ1) is 4.77. The zero-order valence-corrected chi connectivity index (χ0v) is 6.50. The number of hydrogen-bond donors (Lipinski definition) is 0. The maximum atomic E-state index is 11.4. The fourth-order valence-electron chi connectivity index (χ4n) is 0.627. The molecule has 0 rings (SSSR count). The van der Waals surface area contributed by atoms with Crippen LogP contribution < -0.4 is 0 Å². The van der Waals surface area contributed by atoms with Crippen LogP contribution in [-0.2, 0) is 0 Å². The molecule has 0 atom stereocenters. The number of unbranched alkanes of at least 4 members (excludes halogenated alkanes) is 3. The lowest BCUT2D eigenvalue weighted by Gasteiger charge is -1.91. The zero-order chi connectivity index (χ0) is 7.82. The van der Waals surface area contributed by atoms with Gasteiger partial charge in [-0.05, 0) is 25.3 Å². The normalized spacial score (nSPS) is 9.50. The van der Waals surface area contributed by atoms with Gasteiger partial charge in [0.1, 0.15) is 0 Å². The molecule has 0 heterocycles. The Hall–Kier alpha value is -0.110. The number of alkyl halides is 1. The van der Waals surface area contributed by atoms with Gasteiger partial charge in [0, 0.05) is 5.88 Å². The zero-order valence-electron chi connectivity index (χ0n) is 5.75. The van der Waals surface area contributed by atoms with Gasteiger partial charge in [-0.1, -0.05) is 6.42 Å². The van der Waals surface area contributed by atoms with Crippen LogP contribution >= 0.6 is 11.6 Å². The Balaban J connectivity index is 2.98. The van der Waals surface area contributed by atoms with Crippen molar-refractivity contribution < 1.29 is 8.78 Å². The van der Waals surface area contributed by atoms with Crippen molar-refractivity contribution >= 4 is 11.6 Å². The van der Waals surface area contributed by atoms with Crippen LogP contribution in [0.5, 0.6) is 0 Å². The molecule has 0 radical (unpaired) electrons. The van der Waals surface area contributed by atoms with Crippen LogP contribution in [-0.4, -0.2) is 5.88 Å². The minimum atomic E-state index is -1.58. The van der Waals surface area contributed by atoms with Crippen LogP contribution in [0.1, 0.15) is 25.7 Å². The Bertz CT molecular complexity index is 97.8. The molecule has 0 aliphatic rings. The summed E-state index contributed by atoms with van der Waals surface area (Å²) in [5.74, 6) is 0.627. The highest BCUT2D eigenvalue weighted by Gasteiger charge is 1.88. The van der Waals surface area contributed by atoms with E-state index in [1.165, 1.54) is 0 Å². The van der Waals surface area contributed by atoms with Gasteiger partial charge >= 0.3 is 0 Å². The average molecular weight is 169 g/mol. The van der Waals surface area contributed by atoms with E-state index in [0.717, 1.165) is 25.3 Å². The molecule has 10 heavy (non-hydrogen) atoms. The Morgan fingerprint density at radius 1 is 1.20 bits per heavy atom. The van der Waals surface area contributed by atoms with Crippen LogP contribution in [0.2, 0.25) is 0 Å². The summed E-state index contributed by atoms with van der Waals surface area (Å²) < 4.78 is 22.8. The first-order valence-electron chi connectivity index (χ1n) is 3.34. The van der Waals surface area contributed by atoms with Gasteiger partial charge in [0.2, 0.25) is 0 Å². The topological polar surface area (TPSA) is 0 Å². The summed E-state index contributed by atoms with van der Waals surface area (Å²) in [7, 11) is 0. The molecule has 0 aromatic carbocycles. The maximum Gasteiger partial charge on any atom is 0.266 e. The molecule has 0 aromatic rings. The first kappa shape index (κ1) is 9.89. The van der Waals surface area contributed by atoms with Gasteiger partial charge in [-0.2, -0.15) is 8.78 Å². The monoisotopic (exact) mass is 168 g/mol. The van der Waals surface area contributed by atoms with Crippen molar-refractivity contribution in [2.75, 3.05) is 5.88 Å². The predicted molar refractivity (Wildman–Crippen MR) is 39.5 cm³/mol. The molecule has 0 aliphatic heterocycles. The van der Waals surface area contributed by atoms with Crippen molar-refractivity contribution in [1.29, 1.82) is 0 Å². The van der Waals surface area contributed by atoms with Gasteiger partial charge in [-0.15, -0.1) is 11.6 Å². The molecule has 0 nitrogen and oxygen atoms in total. The molecule has 0 bridgehead atoms. The van der Waals surface area contributed by atoms with Crippen LogP contribution in [0.25, 0.3) is 0 Å². The molecule has 0 amide bonds. The molecule has 3 heteroatoms. The fourth-order valence-corrected chi connectivity index (χ4v) is 0.816. The Kier molecular flexibility index (Phi) is 6.93. The number of rotatable bonds is 5. The van der Waals surface area contributed by atoms with Crippen LogP contribution in [0.15, 0.2) is 12.2 Å². The third-order valence-corrected chi connectivity index (χ3v) is 1.40. The van der Waals surface area contributed by atoms with E-state index in [4.69, 9.17) is 11.6 Å². The van der Waals surface area contributed by atoms with E-state index < -0.39 is 6.08 Å². The van der Waals surface area contributed by atoms with E-state index in [-0.39, 0.29) is 0 Å². The highest BCUT2D eigenvalue weighted by atomic mass is 35.5. The second kappa shape index (κ2) is 7.00. The SMILES string of the molecule is FC(F)=CCCCCCCl. The van der Waals surface area contributed by atoms with Gasteiger partial charge in [-0.3, -0.25) is 0 Å². The Labute approximate surface area is 64.9 Å². The molecule has 0 fully saturated rings. The lowest BCUT2D eigenvalue weighted by Crippen LogP contribution is -1.76. The lowest BCUT2D eigenvalue weighted by atomic mass is 10.2. The molecule has 0 aliphatic carbocycles. The summed E-state index contributed by atoms with van der Waals surface area (Å²) in [6.45, 7) is 0. The summed E-state index contributed by atoms with van der Waals surface area (Å²) in [5.41, 5.74) is 0. The van der Waals surface area contributed by atoms with Crippen LogP contribution in [0, 0.1) is 0 Å². The molecule has 0 aromatic heterocycles. The first-order valence-corrected chi connectivity index (χ1v) is 3.88. The molecule has 0 saturated heterocycles. The summed E-state index contributed by atoms with van der Waals surface area (Å²) >= 11 is 5.38. The van der Waals surface area contributed by atoms with Gasteiger partial charge in [-0.25, -0.2) is 0 Å². The van der Waals surface area contributed by atoms with Gasteiger partial charge in [0.25, 0.3) is 6.08 Å². The van der Waals surface area contributed by atoms with Crippen LogP contribution in [0.3, 0.4) is 0 Å². The fraction of sp³-hybridized carbons (Fsp3) is 0.714. The summed E-state index contributed by atoms with van der Waals surface area (Å²) in [6.07, 6.45) is 2.51.